The molecule has 1 fully saturated rings. The molecule has 1 aliphatic rings. The summed E-state index contributed by atoms with van der Waals surface area (Å²) in [4.78, 5) is 14.3. The van der Waals surface area contributed by atoms with Crippen LogP contribution in [-0.4, -0.2) is 35.1 Å². The van der Waals surface area contributed by atoms with E-state index in [0.717, 1.165) is 12.5 Å². The van der Waals surface area contributed by atoms with E-state index in [-0.39, 0.29) is 12.0 Å². The minimum absolute atomic E-state index is 0.105. The highest BCUT2D eigenvalue weighted by atomic mass is 16.6. The fraction of sp³-hybridized carbons (Fsp3) is 0.929. The first-order valence-corrected chi connectivity index (χ1v) is 6.69. The molecule has 3 nitrogen and oxygen atoms in total. The molecule has 0 bridgehead atoms. The first kappa shape index (κ1) is 14.5. The van der Waals surface area contributed by atoms with E-state index in [2.05, 4.69) is 18.7 Å². The molecule has 3 heteroatoms. The summed E-state index contributed by atoms with van der Waals surface area (Å²) in [5.41, 5.74) is -0.395. The molecular formula is C14H27NO2. The predicted octanol–water partition coefficient (Wildman–Crippen LogP) is 2.84. The maximum absolute atomic E-state index is 12.0. The molecule has 100 valence electrons. The van der Waals surface area contributed by atoms with Gasteiger partial charge in [0.15, 0.2) is 0 Å². The van der Waals surface area contributed by atoms with Crippen molar-refractivity contribution in [3.63, 3.8) is 0 Å². The van der Waals surface area contributed by atoms with Crippen LogP contribution < -0.4 is 0 Å². The summed E-state index contributed by atoms with van der Waals surface area (Å²) in [6.45, 7) is 13.0. The summed E-state index contributed by atoms with van der Waals surface area (Å²) in [6, 6.07) is 0.243. The zero-order valence-electron chi connectivity index (χ0n) is 12.1. The van der Waals surface area contributed by atoms with Gasteiger partial charge in [-0.1, -0.05) is 0 Å². The SMILES string of the molecule is CC(C)N(CC1CC1)C(C)C(=O)OC(C)(C)C. The monoisotopic (exact) mass is 241 g/mol. The highest BCUT2D eigenvalue weighted by molar-refractivity contribution is 5.75. The van der Waals surface area contributed by atoms with Crippen LogP contribution in [0, 0.1) is 5.92 Å². The van der Waals surface area contributed by atoms with Gasteiger partial charge < -0.3 is 4.74 Å². The Morgan fingerprint density at radius 1 is 1.29 bits per heavy atom. The lowest BCUT2D eigenvalue weighted by Crippen LogP contribution is -2.46. The van der Waals surface area contributed by atoms with E-state index < -0.39 is 5.60 Å². The second-order valence-corrected chi connectivity index (χ2v) is 6.44. The topological polar surface area (TPSA) is 29.5 Å². The van der Waals surface area contributed by atoms with Gasteiger partial charge in [-0.25, -0.2) is 0 Å². The van der Waals surface area contributed by atoms with Crippen LogP contribution in [0.25, 0.3) is 0 Å². The highest BCUT2D eigenvalue weighted by Gasteiger charge is 2.32. The average molecular weight is 241 g/mol. The van der Waals surface area contributed by atoms with Gasteiger partial charge in [-0.05, 0) is 60.3 Å². The third-order valence-electron chi connectivity index (χ3n) is 3.07. The molecule has 1 unspecified atom stereocenters. The number of esters is 1. The molecule has 1 rings (SSSR count). The zero-order valence-corrected chi connectivity index (χ0v) is 12.1. The van der Waals surface area contributed by atoms with Crippen LogP contribution in [0.1, 0.15) is 54.4 Å². The van der Waals surface area contributed by atoms with E-state index in [9.17, 15) is 4.79 Å². The molecule has 0 radical (unpaired) electrons. The fourth-order valence-electron chi connectivity index (χ4n) is 1.94. The first-order valence-electron chi connectivity index (χ1n) is 6.69. The number of carbonyl (C=O) groups excluding carboxylic acids is 1. The molecular weight excluding hydrogens is 214 g/mol. The Morgan fingerprint density at radius 3 is 2.18 bits per heavy atom. The van der Waals surface area contributed by atoms with Gasteiger partial charge in [-0.3, -0.25) is 9.69 Å². The van der Waals surface area contributed by atoms with E-state index >= 15 is 0 Å². The third kappa shape index (κ3) is 5.07. The van der Waals surface area contributed by atoms with Crippen LogP contribution in [0.15, 0.2) is 0 Å². The highest BCUT2D eigenvalue weighted by Crippen LogP contribution is 2.31. The number of ether oxygens (including phenoxy) is 1. The van der Waals surface area contributed by atoms with Crippen LogP contribution in [0.5, 0.6) is 0 Å². The van der Waals surface area contributed by atoms with Crippen LogP contribution >= 0.6 is 0 Å². The molecule has 0 aliphatic heterocycles. The Hall–Kier alpha value is -0.570. The van der Waals surface area contributed by atoms with Crippen molar-refractivity contribution < 1.29 is 9.53 Å². The summed E-state index contributed by atoms with van der Waals surface area (Å²) >= 11 is 0. The second-order valence-electron chi connectivity index (χ2n) is 6.44. The molecule has 17 heavy (non-hydrogen) atoms. The predicted molar refractivity (Wildman–Crippen MR) is 69.9 cm³/mol. The molecule has 0 spiro atoms. The second kappa shape index (κ2) is 5.38. The van der Waals surface area contributed by atoms with Gasteiger partial charge in [0.05, 0.1) is 0 Å². The van der Waals surface area contributed by atoms with Crippen molar-refractivity contribution >= 4 is 5.97 Å². The number of hydrogen-bond donors (Lipinski definition) is 0. The molecule has 1 atom stereocenters. The Bertz CT molecular complexity index is 264. The normalized spacial score (nSPS) is 18.6. The molecule has 0 aromatic rings. The average Bonchev–Trinajstić information content (AvgIpc) is 2.93. The molecule has 0 amide bonds. The van der Waals surface area contributed by atoms with E-state index in [4.69, 9.17) is 4.74 Å². The van der Waals surface area contributed by atoms with Crippen molar-refractivity contribution in [2.75, 3.05) is 6.54 Å². The largest absolute Gasteiger partial charge is 0.459 e. The molecule has 1 aliphatic carbocycles. The minimum Gasteiger partial charge on any atom is -0.459 e. The maximum atomic E-state index is 12.0. The van der Waals surface area contributed by atoms with Crippen molar-refractivity contribution in [2.45, 2.75) is 72.1 Å². The Balaban J connectivity index is 2.56. The lowest BCUT2D eigenvalue weighted by atomic mass is 10.1. The van der Waals surface area contributed by atoms with E-state index in [1.54, 1.807) is 0 Å². The van der Waals surface area contributed by atoms with Gasteiger partial charge in [-0.15, -0.1) is 0 Å². The van der Waals surface area contributed by atoms with Crippen molar-refractivity contribution in [1.29, 1.82) is 0 Å². The number of rotatable bonds is 5. The van der Waals surface area contributed by atoms with Gasteiger partial charge in [0.25, 0.3) is 0 Å². The molecule has 0 saturated heterocycles. The van der Waals surface area contributed by atoms with Crippen LogP contribution in [0.4, 0.5) is 0 Å². The van der Waals surface area contributed by atoms with Gasteiger partial charge in [0.2, 0.25) is 0 Å². The number of carbonyl (C=O) groups is 1. The lowest BCUT2D eigenvalue weighted by Gasteiger charge is -2.33. The molecule has 0 aromatic carbocycles. The number of nitrogens with zero attached hydrogens (tertiary/aromatic N) is 1. The first-order chi connectivity index (χ1) is 7.70. The van der Waals surface area contributed by atoms with E-state index in [1.165, 1.54) is 12.8 Å². The molecule has 0 N–H and O–H groups in total. The quantitative estimate of drug-likeness (QED) is 0.693. The summed E-state index contributed by atoms with van der Waals surface area (Å²) in [5, 5.41) is 0. The van der Waals surface area contributed by atoms with Crippen LogP contribution in [0.2, 0.25) is 0 Å². The van der Waals surface area contributed by atoms with E-state index in [1.807, 2.05) is 27.7 Å². The Labute approximate surface area is 106 Å². The van der Waals surface area contributed by atoms with E-state index in [0.29, 0.717) is 6.04 Å². The van der Waals surface area contributed by atoms with Gasteiger partial charge in [0, 0.05) is 12.6 Å². The molecule has 0 aromatic heterocycles. The van der Waals surface area contributed by atoms with Crippen molar-refractivity contribution in [3.8, 4) is 0 Å². The summed E-state index contributed by atoms with van der Waals surface area (Å²) in [6.07, 6.45) is 2.62. The van der Waals surface area contributed by atoms with Crippen molar-refractivity contribution in [2.24, 2.45) is 5.92 Å². The van der Waals surface area contributed by atoms with Crippen LogP contribution in [-0.2, 0) is 9.53 Å². The molecule has 0 heterocycles. The minimum atomic E-state index is -0.395. The maximum Gasteiger partial charge on any atom is 0.323 e. The third-order valence-corrected chi connectivity index (χ3v) is 3.07. The fourth-order valence-corrected chi connectivity index (χ4v) is 1.94. The lowest BCUT2D eigenvalue weighted by molar-refractivity contribution is -0.161. The Morgan fingerprint density at radius 2 is 1.82 bits per heavy atom. The Kier molecular flexibility index (Phi) is 4.59. The molecule has 1 saturated carbocycles. The zero-order chi connectivity index (χ0) is 13.2. The van der Waals surface area contributed by atoms with Gasteiger partial charge in [-0.2, -0.15) is 0 Å². The van der Waals surface area contributed by atoms with Gasteiger partial charge >= 0.3 is 5.97 Å². The van der Waals surface area contributed by atoms with Crippen molar-refractivity contribution in [1.82, 2.24) is 4.90 Å². The number of hydrogen-bond acceptors (Lipinski definition) is 3. The summed E-state index contributed by atoms with van der Waals surface area (Å²) in [7, 11) is 0. The standard InChI is InChI=1S/C14H27NO2/c1-10(2)15(9-12-7-8-12)11(3)13(16)17-14(4,5)6/h10-12H,7-9H2,1-6H3. The summed E-state index contributed by atoms with van der Waals surface area (Å²) < 4.78 is 5.45. The smallest absolute Gasteiger partial charge is 0.323 e. The summed E-state index contributed by atoms with van der Waals surface area (Å²) in [5.74, 6) is 0.689. The van der Waals surface area contributed by atoms with Gasteiger partial charge in [0.1, 0.15) is 11.6 Å². The van der Waals surface area contributed by atoms with Crippen molar-refractivity contribution in [3.05, 3.63) is 0 Å². The van der Waals surface area contributed by atoms with Crippen LogP contribution in [0.3, 0.4) is 0 Å².